The first-order valence-electron chi connectivity index (χ1n) is 8.73. The van der Waals surface area contributed by atoms with Crippen LogP contribution in [-0.2, 0) is 16.0 Å². The van der Waals surface area contributed by atoms with Crippen molar-refractivity contribution in [2.75, 3.05) is 11.4 Å². The first-order chi connectivity index (χ1) is 13.0. The molecule has 0 bridgehead atoms. The Morgan fingerprint density at radius 3 is 2.48 bits per heavy atom. The molecule has 27 heavy (non-hydrogen) atoms. The summed E-state index contributed by atoms with van der Waals surface area (Å²) in [5, 5.41) is 0. The van der Waals surface area contributed by atoms with Gasteiger partial charge in [-0.3, -0.25) is 25.2 Å². The predicted octanol–water partition coefficient (Wildman–Crippen LogP) is 2.20. The minimum absolute atomic E-state index is 0.0525. The Labute approximate surface area is 156 Å². The molecule has 1 aliphatic rings. The van der Waals surface area contributed by atoms with Crippen LogP contribution in [0.3, 0.4) is 0 Å². The third-order valence-corrected chi connectivity index (χ3v) is 4.57. The highest BCUT2D eigenvalue weighted by molar-refractivity contribution is 6.01. The number of anilines is 1. The lowest BCUT2D eigenvalue weighted by atomic mass is 10.1. The summed E-state index contributed by atoms with van der Waals surface area (Å²) >= 11 is 0. The molecule has 2 aromatic rings. The summed E-state index contributed by atoms with van der Waals surface area (Å²) in [7, 11) is 0. The van der Waals surface area contributed by atoms with Gasteiger partial charge in [0.05, 0.1) is 11.5 Å². The number of benzene rings is 2. The number of amides is 3. The molecule has 0 spiro atoms. The van der Waals surface area contributed by atoms with E-state index in [0.717, 1.165) is 23.7 Å². The van der Waals surface area contributed by atoms with Gasteiger partial charge in [-0.1, -0.05) is 31.2 Å². The van der Waals surface area contributed by atoms with Gasteiger partial charge < -0.3 is 4.90 Å². The quantitative estimate of drug-likeness (QED) is 0.811. The van der Waals surface area contributed by atoms with Gasteiger partial charge >= 0.3 is 0 Å². The van der Waals surface area contributed by atoms with Crippen LogP contribution in [0.5, 0.6) is 0 Å². The van der Waals surface area contributed by atoms with E-state index in [2.05, 4.69) is 10.9 Å². The van der Waals surface area contributed by atoms with E-state index in [1.165, 1.54) is 18.2 Å². The Balaban J connectivity index is 1.58. The molecule has 1 saturated heterocycles. The number of aryl methyl sites for hydroxylation is 1. The van der Waals surface area contributed by atoms with Gasteiger partial charge in [0, 0.05) is 18.7 Å². The van der Waals surface area contributed by atoms with E-state index >= 15 is 0 Å². The lowest BCUT2D eigenvalue weighted by Crippen LogP contribution is -2.45. The standard InChI is InChI=1S/C20H20FN3O3/c1-2-13-7-9-15(10-8-13)24-12-14(11-18(24)25)19(26)22-23-20(27)16-5-3-4-6-17(16)21/h3-10,14H,2,11-12H2,1H3,(H,22,26)(H,23,27)/t14-/m1/s1. The highest BCUT2D eigenvalue weighted by atomic mass is 19.1. The normalized spacial score (nSPS) is 16.3. The lowest BCUT2D eigenvalue weighted by molar-refractivity contribution is -0.126. The Kier molecular flexibility index (Phi) is 5.49. The van der Waals surface area contributed by atoms with Crippen LogP contribution in [0.1, 0.15) is 29.3 Å². The molecule has 1 atom stereocenters. The number of nitrogens with zero attached hydrogens (tertiary/aromatic N) is 1. The van der Waals surface area contributed by atoms with Crippen molar-refractivity contribution in [1.29, 1.82) is 0 Å². The molecule has 0 unspecified atom stereocenters. The molecule has 2 aromatic carbocycles. The van der Waals surface area contributed by atoms with E-state index in [-0.39, 0.29) is 24.4 Å². The van der Waals surface area contributed by atoms with Crippen molar-refractivity contribution in [2.45, 2.75) is 19.8 Å². The molecule has 3 amide bonds. The van der Waals surface area contributed by atoms with Crippen LogP contribution >= 0.6 is 0 Å². The molecule has 6 nitrogen and oxygen atoms in total. The molecular formula is C20H20FN3O3. The first-order valence-corrected chi connectivity index (χ1v) is 8.73. The minimum atomic E-state index is -0.752. The number of nitrogens with one attached hydrogen (secondary N) is 2. The molecule has 0 radical (unpaired) electrons. The second-order valence-electron chi connectivity index (χ2n) is 6.35. The second-order valence-corrected chi connectivity index (χ2v) is 6.35. The molecule has 1 heterocycles. The highest BCUT2D eigenvalue weighted by Crippen LogP contribution is 2.25. The summed E-state index contributed by atoms with van der Waals surface area (Å²) in [5.41, 5.74) is 6.20. The van der Waals surface area contributed by atoms with Gasteiger partial charge in [-0.25, -0.2) is 4.39 Å². The lowest BCUT2D eigenvalue weighted by Gasteiger charge is -2.17. The molecule has 7 heteroatoms. The SMILES string of the molecule is CCc1ccc(N2C[C@H](C(=O)NNC(=O)c3ccccc3F)CC2=O)cc1. The summed E-state index contributed by atoms with van der Waals surface area (Å²) in [6, 6.07) is 13.1. The third kappa shape index (κ3) is 4.13. The smallest absolute Gasteiger partial charge is 0.272 e. The van der Waals surface area contributed by atoms with E-state index in [0.29, 0.717) is 0 Å². The predicted molar refractivity (Wildman–Crippen MR) is 98.3 cm³/mol. The van der Waals surface area contributed by atoms with Crippen LogP contribution in [0.2, 0.25) is 0 Å². The van der Waals surface area contributed by atoms with Crippen LogP contribution in [0.15, 0.2) is 48.5 Å². The van der Waals surface area contributed by atoms with E-state index in [9.17, 15) is 18.8 Å². The third-order valence-electron chi connectivity index (χ3n) is 4.57. The summed E-state index contributed by atoms with van der Waals surface area (Å²) < 4.78 is 13.6. The van der Waals surface area contributed by atoms with Crippen LogP contribution in [0.25, 0.3) is 0 Å². The molecule has 0 aliphatic carbocycles. The van der Waals surface area contributed by atoms with Crippen molar-refractivity contribution in [3.63, 3.8) is 0 Å². The van der Waals surface area contributed by atoms with E-state index in [4.69, 9.17) is 0 Å². The maximum absolute atomic E-state index is 13.6. The zero-order chi connectivity index (χ0) is 19.4. The van der Waals surface area contributed by atoms with Crippen molar-refractivity contribution in [2.24, 2.45) is 5.92 Å². The number of carbonyl (C=O) groups excluding carboxylic acids is 3. The van der Waals surface area contributed by atoms with Crippen LogP contribution in [0, 0.1) is 11.7 Å². The van der Waals surface area contributed by atoms with Gasteiger partial charge in [-0.15, -0.1) is 0 Å². The topological polar surface area (TPSA) is 78.5 Å². The molecule has 1 aliphatic heterocycles. The zero-order valence-corrected chi connectivity index (χ0v) is 14.9. The summed E-state index contributed by atoms with van der Waals surface area (Å²) in [5.74, 6) is -2.66. The van der Waals surface area contributed by atoms with Crippen LogP contribution < -0.4 is 15.8 Å². The first kappa shape index (κ1) is 18.6. The number of rotatable bonds is 4. The van der Waals surface area contributed by atoms with Crippen molar-refractivity contribution < 1.29 is 18.8 Å². The summed E-state index contributed by atoms with van der Waals surface area (Å²) in [6.07, 6.45) is 0.956. The van der Waals surface area contributed by atoms with E-state index < -0.39 is 23.5 Å². The fraction of sp³-hybridized carbons (Fsp3) is 0.250. The molecule has 1 fully saturated rings. The average molecular weight is 369 g/mol. The van der Waals surface area contributed by atoms with Crippen molar-refractivity contribution >= 4 is 23.4 Å². The van der Waals surface area contributed by atoms with Gasteiger partial charge in [0.1, 0.15) is 5.82 Å². The summed E-state index contributed by atoms with van der Waals surface area (Å²) in [4.78, 5) is 38.1. The fourth-order valence-corrected chi connectivity index (χ4v) is 2.98. The van der Waals surface area contributed by atoms with Gasteiger partial charge in [0.2, 0.25) is 11.8 Å². The van der Waals surface area contributed by atoms with Crippen LogP contribution in [-0.4, -0.2) is 24.3 Å². The Hall–Kier alpha value is -3.22. The van der Waals surface area contributed by atoms with Crippen molar-refractivity contribution in [1.82, 2.24) is 10.9 Å². The van der Waals surface area contributed by atoms with Gasteiger partial charge in [0.25, 0.3) is 5.91 Å². The molecular weight excluding hydrogens is 349 g/mol. The summed E-state index contributed by atoms with van der Waals surface area (Å²) in [6.45, 7) is 2.28. The molecule has 2 N–H and O–H groups in total. The van der Waals surface area contributed by atoms with Gasteiger partial charge in [0.15, 0.2) is 0 Å². The maximum atomic E-state index is 13.6. The Morgan fingerprint density at radius 1 is 1.11 bits per heavy atom. The van der Waals surface area contributed by atoms with Crippen LogP contribution in [0.4, 0.5) is 10.1 Å². The van der Waals surface area contributed by atoms with E-state index in [1.807, 2.05) is 31.2 Å². The fourth-order valence-electron chi connectivity index (χ4n) is 2.98. The second kappa shape index (κ2) is 7.99. The number of hydrazine groups is 1. The largest absolute Gasteiger partial charge is 0.312 e. The molecule has 0 saturated carbocycles. The monoisotopic (exact) mass is 369 g/mol. The van der Waals surface area contributed by atoms with Crippen molar-refractivity contribution in [3.05, 3.63) is 65.5 Å². The Bertz CT molecular complexity index is 867. The Morgan fingerprint density at radius 2 is 1.81 bits per heavy atom. The van der Waals surface area contributed by atoms with Crippen molar-refractivity contribution in [3.8, 4) is 0 Å². The molecule has 140 valence electrons. The van der Waals surface area contributed by atoms with E-state index in [1.54, 1.807) is 4.90 Å². The minimum Gasteiger partial charge on any atom is -0.312 e. The number of carbonyl (C=O) groups is 3. The highest BCUT2D eigenvalue weighted by Gasteiger charge is 2.35. The van der Waals surface area contributed by atoms with Gasteiger partial charge in [-0.2, -0.15) is 0 Å². The number of halogens is 1. The maximum Gasteiger partial charge on any atom is 0.272 e. The molecule has 0 aromatic heterocycles. The van der Waals surface area contributed by atoms with Gasteiger partial charge in [-0.05, 0) is 36.2 Å². The number of hydrogen-bond donors (Lipinski definition) is 2. The average Bonchev–Trinajstić information content (AvgIpc) is 3.08. The molecule has 3 rings (SSSR count). The zero-order valence-electron chi connectivity index (χ0n) is 14.9. The number of hydrogen-bond acceptors (Lipinski definition) is 3.